The van der Waals surface area contributed by atoms with Crippen molar-refractivity contribution in [3.63, 3.8) is 0 Å². The van der Waals surface area contributed by atoms with Gasteiger partial charge in [0.05, 0.1) is 0 Å². The van der Waals surface area contributed by atoms with Gasteiger partial charge in [0.1, 0.15) is 0 Å². The molecule has 0 aromatic carbocycles. The minimum absolute atomic E-state index is 0.623. The van der Waals surface area contributed by atoms with Crippen molar-refractivity contribution in [1.82, 2.24) is 5.32 Å². The van der Waals surface area contributed by atoms with Crippen LogP contribution in [0.3, 0.4) is 0 Å². The zero-order valence-corrected chi connectivity index (χ0v) is 9.97. The molecule has 0 amide bonds. The third-order valence-corrected chi connectivity index (χ3v) is 4.28. The second kappa shape index (κ2) is 3.84. The van der Waals surface area contributed by atoms with Crippen LogP contribution in [0.25, 0.3) is 0 Å². The highest BCUT2D eigenvalue weighted by atomic mass is 14.8. The molecule has 0 heterocycles. The average molecular weight is 195 g/mol. The maximum Gasteiger partial charge on any atom is -0.00208 e. The van der Waals surface area contributed by atoms with Crippen LogP contribution in [-0.4, -0.2) is 13.6 Å². The SMILES string of the molecule is CNCC1CCC(C)(C)CC1C1CC1. The second-order valence-corrected chi connectivity index (χ2v) is 6.23. The van der Waals surface area contributed by atoms with E-state index in [9.17, 15) is 0 Å². The fraction of sp³-hybridized carbons (Fsp3) is 1.00. The Labute approximate surface area is 88.7 Å². The Morgan fingerprint density at radius 1 is 1.21 bits per heavy atom. The molecule has 1 nitrogen and oxygen atoms in total. The van der Waals surface area contributed by atoms with Crippen LogP contribution in [0.1, 0.15) is 46.0 Å². The van der Waals surface area contributed by atoms with Crippen LogP contribution in [0.4, 0.5) is 0 Å². The van der Waals surface area contributed by atoms with Crippen LogP contribution < -0.4 is 5.32 Å². The third-order valence-electron chi connectivity index (χ3n) is 4.28. The van der Waals surface area contributed by atoms with Gasteiger partial charge in [-0.05, 0) is 68.9 Å². The van der Waals surface area contributed by atoms with E-state index in [2.05, 4.69) is 26.2 Å². The van der Waals surface area contributed by atoms with Crippen LogP contribution in [0.2, 0.25) is 0 Å². The first kappa shape index (κ1) is 10.5. The second-order valence-electron chi connectivity index (χ2n) is 6.23. The van der Waals surface area contributed by atoms with Gasteiger partial charge in [-0.15, -0.1) is 0 Å². The molecule has 1 N–H and O–H groups in total. The highest BCUT2D eigenvalue weighted by Gasteiger charge is 2.42. The molecule has 82 valence electrons. The lowest BCUT2D eigenvalue weighted by atomic mass is 9.65. The Morgan fingerprint density at radius 3 is 2.50 bits per heavy atom. The van der Waals surface area contributed by atoms with E-state index in [1.165, 1.54) is 38.6 Å². The summed E-state index contributed by atoms with van der Waals surface area (Å²) in [7, 11) is 2.10. The molecular formula is C13H25N. The summed E-state index contributed by atoms with van der Waals surface area (Å²) in [6.07, 6.45) is 7.39. The molecule has 14 heavy (non-hydrogen) atoms. The van der Waals surface area contributed by atoms with E-state index >= 15 is 0 Å². The third kappa shape index (κ3) is 2.31. The van der Waals surface area contributed by atoms with Crippen molar-refractivity contribution in [3.8, 4) is 0 Å². The first-order valence-corrected chi connectivity index (χ1v) is 6.27. The summed E-state index contributed by atoms with van der Waals surface area (Å²) in [6, 6.07) is 0. The van der Waals surface area contributed by atoms with E-state index < -0.39 is 0 Å². The molecule has 2 aliphatic carbocycles. The maximum atomic E-state index is 3.38. The maximum absolute atomic E-state index is 3.38. The largest absolute Gasteiger partial charge is 0.319 e. The lowest BCUT2D eigenvalue weighted by Crippen LogP contribution is -2.36. The lowest BCUT2D eigenvalue weighted by molar-refractivity contribution is 0.102. The summed E-state index contributed by atoms with van der Waals surface area (Å²) in [6.45, 7) is 6.16. The van der Waals surface area contributed by atoms with Crippen molar-refractivity contribution < 1.29 is 0 Å². The van der Waals surface area contributed by atoms with Crippen LogP contribution in [0, 0.1) is 23.2 Å². The summed E-state index contributed by atoms with van der Waals surface area (Å²) in [5, 5.41) is 3.38. The fourth-order valence-electron chi connectivity index (χ4n) is 3.29. The molecule has 0 saturated heterocycles. The molecule has 0 spiro atoms. The molecular weight excluding hydrogens is 170 g/mol. The van der Waals surface area contributed by atoms with Gasteiger partial charge in [0.15, 0.2) is 0 Å². The standard InChI is InChI=1S/C13H25N/c1-13(2)7-6-11(9-14-3)12(8-13)10-4-5-10/h10-12,14H,4-9H2,1-3H3. The van der Waals surface area contributed by atoms with Gasteiger partial charge in [0, 0.05) is 0 Å². The lowest BCUT2D eigenvalue weighted by Gasteiger charge is -2.41. The molecule has 2 fully saturated rings. The van der Waals surface area contributed by atoms with Gasteiger partial charge < -0.3 is 5.32 Å². The minimum atomic E-state index is 0.623. The van der Waals surface area contributed by atoms with Gasteiger partial charge in [0.25, 0.3) is 0 Å². The van der Waals surface area contributed by atoms with E-state index in [4.69, 9.17) is 0 Å². The van der Waals surface area contributed by atoms with Crippen molar-refractivity contribution in [1.29, 1.82) is 0 Å². The summed E-state index contributed by atoms with van der Waals surface area (Å²) in [4.78, 5) is 0. The molecule has 0 aromatic rings. The van der Waals surface area contributed by atoms with Gasteiger partial charge in [-0.1, -0.05) is 13.8 Å². The van der Waals surface area contributed by atoms with E-state index in [1.807, 2.05) is 0 Å². The molecule has 2 rings (SSSR count). The quantitative estimate of drug-likeness (QED) is 0.730. The number of rotatable bonds is 3. The predicted molar refractivity (Wildman–Crippen MR) is 61.3 cm³/mol. The smallest absolute Gasteiger partial charge is 0.00208 e. The summed E-state index contributed by atoms with van der Waals surface area (Å²) in [5.74, 6) is 3.10. The normalized spacial score (nSPS) is 37.1. The average Bonchev–Trinajstić information content (AvgIpc) is 2.91. The van der Waals surface area contributed by atoms with E-state index in [1.54, 1.807) is 0 Å². The van der Waals surface area contributed by atoms with Crippen molar-refractivity contribution >= 4 is 0 Å². The van der Waals surface area contributed by atoms with Crippen LogP contribution in [0.15, 0.2) is 0 Å². The molecule has 0 bridgehead atoms. The Morgan fingerprint density at radius 2 is 1.93 bits per heavy atom. The molecule has 0 aliphatic heterocycles. The molecule has 2 atom stereocenters. The zero-order valence-electron chi connectivity index (χ0n) is 9.97. The number of nitrogens with one attached hydrogen (secondary N) is 1. The molecule has 2 aliphatic rings. The monoisotopic (exact) mass is 195 g/mol. The van der Waals surface area contributed by atoms with Crippen LogP contribution in [-0.2, 0) is 0 Å². The Bertz CT molecular complexity index is 193. The molecule has 0 radical (unpaired) electrons. The molecule has 0 aromatic heterocycles. The number of hydrogen-bond donors (Lipinski definition) is 1. The molecule has 1 heteroatoms. The van der Waals surface area contributed by atoms with Gasteiger partial charge >= 0.3 is 0 Å². The van der Waals surface area contributed by atoms with Crippen molar-refractivity contribution in [2.24, 2.45) is 23.2 Å². The van der Waals surface area contributed by atoms with Crippen molar-refractivity contribution in [2.75, 3.05) is 13.6 Å². The predicted octanol–water partition coefficient (Wildman–Crippen LogP) is 3.06. The van der Waals surface area contributed by atoms with E-state index in [0.29, 0.717) is 5.41 Å². The van der Waals surface area contributed by atoms with Crippen molar-refractivity contribution in [3.05, 3.63) is 0 Å². The van der Waals surface area contributed by atoms with Gasteiger partial charge in [-0.2, -0.15) is 0 Å². The van der Waals surface area contributed by atoms with Crippen LogP contribution >= 0.6 is 0 Å². The van der Waals surface area contributed by atoms with Crippen molar-refractivity contribution in [2.45, 2.75) is 46.0 Å². The molecule has 2 saturated carbocycles. The van der Waals surface area contributed by atoms with Crippen LogP contribution in [0.5, 0.6) is 0 Å². The van der Waals surface area contributed by atoms with E-state index in [-0.39, 0.29) is 0 Å². The Kier molecular flexibility index (Phi) is 2.88. The minimum Gasteiger partial charge on any atom is -0.319 e. The molecule has 2 unspecified atom stereocenters. The first-order valence-electron chi connectivity index (χ1n) is 6.27. The van der Waals surface area contributed by atoms with Gasteiger partial charge in [-0.25, -0.2) is 0 Å². The zero-order chi connectivity index (χ0) is 10.2. The number of hydrogen-bond acceptors (Lipinski definition) is 1. The Balaban J connectivity index is 1.97. The fourth-order valence-corrected chi connectivity index (χ4v) is 3.29. The highest BCUT2D eigenvalue weighted by Crippen LogP contribution is 2.51. The highest BCUT2D eigenvalue weighted by molar-refractivity contribution is 4.93. The summed E-state index contributed by atoms with van der Waals surface area (Å²) < 4.78 is 0. The first-order chi connectivity index (χ1) is 6.62. The van der Waals surface area contributed by atoms with Gasteiger partial charge in [0.2, 0.25) is 0 Å². The van der Waals surface area contributed by atoms with E-state index in [0.717, 1.165) is 17.8 Å². The summed E-state index contributed by atoms with van der Waals surface area (Å²) >= 11 is 0. The Hall–Kier alpha value is -0.0400. The van der Waals surface area contributed by atoms with Gasteiger partial charge in [-0.3, -0.25) is 0 Å². The topological polar surface area (TPSA) is 12.0 Å². The summed E-state index contributed by atoms with van der Waals surface area (Å²) in [5.41, 5.74) is 0.623.